The van der Waals surface area contributed by atoms with Crippen molar-refractivity contribution in [3.05, 3.63) is 0 Å². The topological polar surface area (TPSA) is 149 Å². The van der Waals surface area contributed by atoms with Gasteiger partial charge in [-0.1, -0.05) is 25.7 Å². The van der Waals surface area contributed by atoms with Crippen molar-refractivity contribution in [2.45, 2.75) is 51.4 Å². The van der Waals surface area contributed by atoms with Crippen molar-refractivity contribution in [1.29, 1.82) is 0 Å². The smallest absolute Gasteiger partial charge is 1.00 e. The fourth-order valence-electron chi connectivity index (χ4n) is 1.55. The van der Waals surface area contributed by atoms with Gasteiger partial charge in [0.25, 0.3) is 0 Å². The third kappa shape index (κ3) is 15.2. The monoisotopic (exact) mass is 378 g/mol. The van der Waals surface area contributed by atoms with Crippen LogP contribution in [0.5, 0.6) is 0 Å². The van der Waals surface area contributed by atoms with Crippen molar-refractivity contribution in [1.82, 2.24) is 0 Å². The van der Waals surface area contributed by atoms with Crippen LogP contribution in [-0.2, 0) is 18.7 Å². The number of unbranched alkanes of at least 4 members (excludes halogenated alkanes) is 5. The van der Waals surface area contributed by atoms with Gasteiger partial charge in [-0.15, -0.1) is 0 Å². The first-order chi connectivity index (χ1) is 9.05. The Labute approximate surface area is 176 Å². The van der Waals surface area contributed by atoms with Crippen molar-refractivity contribution in [2.24, 2.45) is 0 Å². The molecule has 0 spiro atoms. The summed E-state index contributed by atoms with van der Waals surface area (Å²) in [6.07, 6.45) is 3.23. The van der Waals surface area contributed by atoms with Crippen molar-refractivity contribution in [2.75, 3.05) is 0 Å². The van der Waals surface area contributed by atoms with E-state index in [0.29, 0.717) is 25.7 Å². The minimum Gasteiger partial charge on any atom is -1.00 e. The Morgan fingerprint density at radius 3 is 1.09 bits per heavy atom. The van der Waals surface area contributed by atoms with E-state index in [9.17, 15) is 18.7 Å². The Morgan fingerprint density at radius 1 is 0.636 bits per heavy atom. The predicted molar refractivity (Wildman–Crippen MR) is 73.3 cm³/mol. The van der Waals surface area contributed by atoms with Crippen molar-refractivity contribution < 1.29 is 100 Å². The van der Waals surface area contributed by atoms with E-state index in [0.717, 1.165) is 12.8 Å². The van der Waals surface area contributed by atoms with E-state index in [1.165, 1.54) is 0 Å². The number of rotatable bonds is 11. The number of hydrogen-bond donors (Lipinski definition) is 4. The molecular weight excluding hydrogens is 356 g/mol. The molecule has 0 atom stereocenters. The van der Waals surface area contributed by atoms with Gasteiger partial charge in [0.2, 0.25) is 11.0 Å². The van der Waals surface area contributed by atoms with E-state index in [1.807, 2.05) is 0 Å². The summed E-state index contributed by atoms with van der Waals surface area (Å²) in [5.74, 6) is 0. The molecule has 0 bridgehead atoms. The van der Waals surface area contributed by atoms with E-state index >= 15 is 0 Å². The molecule has 0 aliphatic rings. The molecule has 0 aliphatic carbocycles. The molecular formula is C10H22Na2O8P2. The summed E-state index contributed by atoms with van der Waals surface area (Å²) in [5, 5.41) is 0. The second-order valence-electron chi connectivity index (χ2n) is 4.50. The number of carbonyl (C=O) groups is 2. The molecule has 122 valence electrons. The first kappa shape index (κ1) is 28.4. The second-order valence-corrected chi connectivity index (χ2v) is 7.67. The first-order valence-corrected chi connectivity index (χ1v) is 9.45. The zero-order valence-corrected chi connectivity index (χ0v) is 18.8. The summed E-state index contributed by atoms with van der Waals surface area (Å²) in [4.78, 5) is 56.0. The molecule has 0 aliphatic heterocycles. The van der Waals surface area contributed by atoms with Gasteiger partial charge in [-0.25, -0.2) is 0 Å². The maximum absolute atomic E-state index is 10.9. The Morgan fingerprint density at radius 2 is 0.864 bits per heavy atom. The van der Waals surface area contributed by atoms with Crippen molar-refractivity contribution >= 4 is 26.2 Å². The molecule has 8 nitrogen and oxygen atoms in total. The summed E-state index contributed by atoms with van der Waals surface area (Å²) in [7, 11) is -9.20. The molecule has 0 rings (SSSR count). The number of carbonyl (C=O) groups excluding carboxylic acids is 2. The number of hydrogen-bond acceptors (Lipinski definition) is 4. The van der Waals surface area contributed by atoms with Crippen LogP contribution in [0.25, 0.3) is 0 Å². The van der Waals surface area contributed by atoms with Gasteiger partial charge >= 0.3 is 74.3 Å². The molecule has 0 radical (unpaired) electrons. The van der Waals surface area contributed by atoms with Gasteiger partial charge in [-0.2, -0.15) is 0 Å². The average Bonchev–Trinajstić information content (AvgIpc) is 2.29. The predicted octanol–water partition coefficient (Wildman–Crippen LogP) is -4.25. The normalized spacial score (nSPS) is 11.3. The second kappa shape index (κ2) is 13.9. The molecule has 4 N–H and O–H groups in total. The summed E-state index contributed by atoms with van der Waals surface area (Å²) in [6.45, 7) is 0. The van der Waals surface area contributed by atoms with Gasteiger partial charge in [-0.05, 0) is 12.8 Å². The van der Waals surface area contributed by atoms with Gasteiger partial charge in [0.15, 0.2) is 0 Å². The van der Waals surface area contributed by atoms with E-state index < -0.39 is 26.2 Å². The van der Waals surface area contributed by atoms with Crippen LogP contribution in [0.15, 0.2) is 0 Å². The van der Waals surface area contributed by atoms with Crippen LogP contribution in [0.1, 0.15) is 54.2 Å². The van der Waals surface area contributed by atoms with Crippen molar-refractivity contribution in [3.63, 3.8) is 0 Å². The molecule has 0 saturated heterocycles. The molecule has 0 amide bonds. The van der Waals surface area contributed by atoms with Gasteiger partial charge in [-0.3, -0.25) is 18.7 Å². The third-order valence-electron chi connectivity index (χ3n) is 2.68. The van der Waals surface area contributed by atoms with Crippen LogP contribution in [0.4, 0.5) is 0 Å². The van der Waals surface area contributed by atoms with Gasteiger partial charge < -0.3 is 22.4 Å². The van der Waals surface area contributed by atoms with E-state index in [-0.39, 0.29) is 74.8 Å². The van der Waals surface area contributed by atoms with E-state index in [4.69, 9.17) is 19.6 Å². The van der Waals surface area contributed by atoms with Gasteiger partial charge in [0, 0.05) is 12.8 Å². The van der Waals surface area contributed by atoms with Crippen LogP contribution >= 0.6 is 15.2 Å². The fraction of sp³-hybridized carbons (Fsp3) is 0.800. The molecule has 0 aromatic carbocycles. The third-order valence-corrected chi connectivity index (χ3v) is 4.43. The van der Waals surface area contributed by atoms with Gasteiger partial charge in [0.1, 0.15) is 0 Å². The van der Waals surface area contributed by atoms with E-state index in [1.54, 1.807) is 0 Å². The van der Waals surface area contributed by atoms with Crippen LogP contribution in [-0.4, -0.2) is 30.6 Å². The summed E-state index contributed by atoms with van der Waals surface area (Å²) < 4.78 is 21.1. The van der Waals surface area contributed by atoms with Gasteiger partial charge in [0.05, 0.1) is 0 Å². The Balaban J connectivity index is -0.000000301. The van der Waals surface area contributed by atoms with Crippen LogP contribution in [0.2, 0.25) is 0 Å². The van der Waals surface area contributed by atoms with Crippen LogP contribution in [0.3, 0.4) is 0 Å². The SMILES string of the molecule is O=C(CCCCCCCCC(=O)P(=O)(O)O)P(=O)(O)O.[H-].[H-].[Na+].[Na+]. The zero-order valence-electron chi connectivity index (χ0n) is 15.0. The first-order valence-electron chi connectivity index (χ1n) is 6.23. The standard InChI is InChI=1S/C10H20O8P2.2Na.2H/c11-9(19(13,14)15)7-5-3-1-2-4-6-8-10(12)20(16,17)18;;;;/h1-8H2,(H2,13,14,15)(H2,16,17,18);;;;/q;2*+1;2*-1. The van der Waals surface area contributed by atoms with Crippen LogP contribution < -0.4 is 59.1 Å². The minimum absolute atomic E-state index is 0. The maximum atomic E-state index is 10.9. The molecule has 22 heavy (non-hydrogen) atoms. The van der Waals surface area contributed by atoms with Crippen LogP contribution in [0, 0.1) is 0 Å². The molecule has 0 fully saturated rings. The fourth-order valence-corrected chi connectivity index (χ4v) is 2.45. The largest absolute Gasteiger partial charge is 1.00 e. The van der Waals surface area contributed by atoms with Crippen molar-refractivity contribution in [3.8, 4) is 0 Å². The maximum Gasteiger partial charge on any atom is 1.00 e. The minimum atomic E-state index is -4.60. The molecule has 0 aromatic heterocycles. The quantitative estimate of drug-likeness (QED) is 0.160. The Hall–Kier alpha value is 1.64. The Bertz CT molecular complexity index is 401. The summed E-state index contributed by atoms with van der Waals surface area (Å²) in [5.41, 5.74) is -2.10. The molecule has 0 aromatic rings. The Kier molecular flexibility index (Phi) is 17.9. The zero-order chi connectivity index (χ0) is 15.8. The molecule has 0 unspecified atom stereocenters. The summed E-state index contributed by atoms with van der Waals surface area (Å²) in [6, 6.07) is 0. The summed E-state index contributed by atoms with van der Waals surface area (Å²) >= 11 is 0. The molecule has 0 saturated carbocycles. The van der Waals surface area contributed by atoms with E-state index in [2.05, 4.69) is 0 Å². The molecule has 0 heterocycles. The molecule has 12 heteroatoms. The average molecular weight is 378 g/mol.